The lowest BCUT2D eigenvalue weighted by Gasteiger charge is -2.20. The average molecular weight is 533 g/mol. The van der Waals surface area contributed by atoms with E-state index in [2.05, 4.69) is 33.2 Å². The van der Waals surface area contributed by atoms with Crippen LogP contribution in [0.3, 0.4) is 0 Å². The van der Waals surface area contributed by atoms with Crippen LogP contribution in [-0.2, 0) is 14.3 Å². The second-order valence-corrected chi connectivity index (χ2v) is 10.6. The fourth-order valence-electron chi connectivity index (χ4n) is 5.92. The maximum Gasteiger partial charge on any atom is 0.222 e. The summed E-state index contributed by atoms with van der Waals surface area (Å²) < 4.78 is 6.31. The molecule has 1 saturated heterocycles. The molecule has 0 aromatic rings. The summed E-state index contributed by atoms with van der Waals surface area (Å²) in [6.45, 7) is 1.91. The van der Waals surface area contributed by atoms with E-state index in [1.165, 1.54) is 57.8 Å². The number of alkyl halides is 1. The van der Waals surface area contributed by atoms with Gasteiger partial charge in [-0.1, -0.05) is 61.1 Å². The number of halogens is 1. The van der Waals surface area contributed by atoms with Crippen LogP contribution in [-0.4, -0.2) is 48.0 Å². The number of carbonyl (C=O) groups is 2. The summed E-state index contributed by atoms with van der Waals surface area (Å²) in [5.74, 6) is 2.18. The predicted molar refractivity (Wildman–Crippen MR) is 129 cm³/mol. The van der Waals surface area contributed by atoms with E-state index in [0.29, 0.717) is 49.8 Å². The van der Waals surface area contributed by atoms with Gasteiger partial charge in [0.25, 0.3) is 0 Å². The topological polar surface area (TPSA) is 67.4 Å². The number of ketones is 1. The van der Waals surface area contributed by atoms with Crippen LogP contribution in [0.4, 0.5) is 0 Å². The van der Waals surface area contributed by atoms with Crippen molar-refractivity contribution in [3.8, 4) is 0 Å². The maximum atomic E-state index is 13.2. The Morgan fingerprint density at radius 2 is 1.77 bits per heavy atom. The number of carbonyl (C=O) groups excluding carboxylic acids is 2. The Kier molecular flexibility index (Phi) is 10.9. The number of hydrogen-bond acceptors (Lipinski definition) is 4. The lowest BCUT2D eigenvalue weighted by atomic mass is 9.85. The average Bonchev–Trinajstić information content (AvgIpc) is 3.22. The lowest BCUT2D eigenvalue weighted by molar-refractivity contribution is -0.123. The van der Waals surface area contributed by atoms with E-state index in [1.54, 1.807) is 0 Å². The van der Waals surface area contributed by atoms with Gasteiger partial charge in [0.15, 0.2) is 5.78 Å². The van der Waals surface area contributed by atoms with Gasteiger partial charge in [0.1, 0.15) is 0 Å². The second-order valence-electron chi connectivity index (χ2n) is 9.52. The zero-order chi connectivity index (χ0) is 21.2. The molecule has 1 amide bonds. The molecule has 6 heteroatoms. The fraction of sp³-hybridized carbons (Fsp3) is 0.917. The minimum Gasteiger partial charge on any atom is -0.380 e. The van der Waals surface area contributed by atoms with Crippen LogP contribution < -0.4 is 10.6 Å². The van der Waals surface area contributed by atoms with Gasteiger partial charge in [-0.25, -0.2) is 0 Å². The second kappa shape index (κ2) is 13.4. The molecule has 0 aromatic heterocycles. The quantitative estimate of drug-likeness (QED) is 0.249. The highest BCUT2D eigenvalue weighted by Crippen LogP contribution is 2.46. The van der Waals surface area contributed by atoms with Crippen LogP contribution in [0, 0.1) is 17.8 Å². The molecule has 3 aliphatic rings. The third kappa shape index (κ3) is 7.16. The Balaban J connectivity index is 1.37. The van der Waals surface area contributed by atoms with Crippen molar-refractivity contribution in [1.82, 2.24) is 10.6 Å². The third-order valence-corrected chi connectivity index (χ3v) is 7.85. The monoisotopic (exact) mass is 532 g/mol. The first-order chi connectivity index (χ1) is 14.7. The standard InChI is InChI=1S/C24H41IN2O3/c25-13-16-30-15-12-21(28)26-14-8-7-11-20-24(29)22-18-9-5-3-1-2-4-6-10-19(17-18)23(22)27-20/h18-20,22-23,27H,1-17H2,(H,26,28). The molecule has 0 aromatic carbocycles. The largest absolute Gasteiger partial charge is 0.380 e. The fourth-order valence-corrected chi connectivity index (χ4v) is 6.23. The Labute approximate surface area is 196 Å². The number of fused-ring (bicyclic) bond motifs is 5. The number of hydrogen-bond donors (Lipinski definition) is 2. The first-order valence-corrected chi connectivity index (χ1v) is 13.9. The van der Waals surface area contributed by atoms with Gasteiger partial charge in [-0.15, -0.1) is 0 Å². The van der Waals surface area contributed by atoms with E-state index >= 15 is 0 Å². The van der Waals surface area contributed by atoms with Crippen LogP contribution in [0.2, 0.25) is 0 Å². The SMILES string of the molecule is O=C(CCOCCI)NCCCCC1NC2C3CCCCCCCCC(C3)C2C1=O. The molecule has 172 valence electrons. The molecular formula is C24H41IN2O3. The summed E-state index contributed by atoms with van der Waals surface area (Å²) in [5.41, 5.74) is 0. The van der Waals surface area contributed by atoms with Crippen LogP contribution in [0.1, 0.15) is 83.5 Å². The molecule has 1 heterocycles. The Bertz CT molecular complexity index is 545. The minimum absolute atomic E-state index is 0.0489. The zero-order valence-electron chi connectivity index (χ0n) is 18.5. The van der Waals surface area contributed by atoms with Crippen molar-refractivity contribution in [2.24, 2.45) is 17.8 Å². The van der Waals surface area contributed by atoms with E-state index < -0.39 is 0 Å². The normalized spacial score (nSPS) is 31.9. The van der Waals surface area contributed by atoms with Gasteiger partial charge >= 0.3 is 0 Å². The molecule has 0 radical (unpaired) electrons. The summed E-state index contributed by atoms with van der Waals surface area (Å²) >= 11 is 2.26. The Morgan fingerprint density at radius 3 is 2.53 bits per heavy atom. The highest BCUT2D eigenvalue weighted by molar-refractivity contribution is 14.1. The van der Waals surface area contributed by atoms with Gasteiger partial charge in [-0.05, 0) is 50.4 Å². The van der Waals surface area contributed by atoms with Crippen molar-refractivity contribution in [2.75, 3.05) is 24.2 Å². The molecule has 0 spiro atoms. The van der Waals surface area contributed by atoms with Gasteiger partial charge in [-0.3, -0.25) is 9.59 Å². The number of unbranched alkanes of at least 4 members (excludes halogenated alkanes) is 1. The van der Waals surface area contributed by atoms with Crippen molar-refractivity contribution in [2.45, 2.75) is 95.6 Å². The van der Waals surface area contributed by atoms with Crippen molar-refractivity contribution in [3.63, 3.8) is 0 Å². The molecule has 2 aliphatic carbocycles. The van der Waals surface area contributed by atoms with E-state index in [-0.39, 0.29) is 17.9 Å². The van der Waals surface area contributed by atoms with Crippen LogP contribution in [0.15, 0.2) is 0 Å². The summed E-state index contributed by atoms with van der Waals surface area (Å²) in [4.78, 5) is 25.0. The van der Waals surface area contributed by atoms with Crippen molar-refractivity contribution >= 4 is 34.3 Å². The Morgan fingerprint density at radius 1 is 1.03 bits per heavy atom. The maximum absolute atomic E-state index is 13.2. The molecule has 3 fully saturated rings. The van der Waals surface area contributed by atoms with Gasteiger partial charge in [0.2, 0.25) is 5.91 Å². The first-order valence-electron chi connectivity index (χ1n) is 12.4. The summed E-state index contributed by atoms with van der Waals surface area (Å²) in [6.07, 6.45) is 15.2. The van der Waals surface area contributed by atoms with Crippen molar-refractivity contribution in [3.05, 3.63) is 0 Å². The Hall–Kier alpha value is -0.210. The number of ether oxygens (including phenoxy) is 1. The number of nitrogens with one attached hydrogen (secondary N) is 2. The molecular weight excluding hydrogens is 491 g/mol. The molecule has 5 atom stereocenters. The lowest BCUT2D eigenvalue weighted by Crippen LogP contribution is -2.35. The van der Waals surface area contributed by atoms with Gasteiger partial charge in [0.05, 0.1) is 19.3 Å². The summed E-state index contributed by atoms with van der Waals surface area (Å²) in [7, 11) is 0. The van der Waals surface area contributed by atoms with E-state index in [0.717, 1.165) is 23.7 Å². The van der Waals surface area contributed by atoms with Gasteiger partial charge in [-0.2, -0.15) is 0 Å². The van der Waals surface area contributed by atoms with E-state index in [1.807, 2.05) is 0 Å². The highest BCUT2D eigenvalue weighted by Gasteiger charge is 2.52. The van der Waals surface area contributed by atoms with Gasteiger partial charge in [0, 0.05) is 29.4 Å². The number of Topliss-reactive ketones (excluding diaryl/α,β-unsaturated/α-hetero) is 1. The molecule has 2 saturated carbocycles. The number of rotatable bonds is 10. The molecule has 1 aliphatic heterocycles. The van der Waals surface area contributed by atoms with E-state index in [9.17, 15) is 9.59 Å². The minimum atomic E-state index is 0.0489. The summed E-state index contributed by atoms with van der Waals surface area (Å²) in [5, 5.41) is 6.75. The molecule has 30 heavy (non-hydrogen) atoms. The highest BCUT2D eigenvalue weighted by atomic mass is 127. The van der Waals surface area contributed by atoms with Crippen LogP contribution in [0.25, 0.3) is 0 Å². The predicted octanol–water partition coefficient (Wildman–Crippen LogP) is 4.41. The molecule has 3 rings (SSSR count). The van der Waals surface area contributed by atoms with E-state index in [4.69, 9.17) is 4.74 Å². The zero-order valence-corrected chi connectivity index (χ0v) is 20.7. The first kappa shape index (κ1) is 24.4. The van der Waals surface area contributed by atoms with Crippen molar-refractivity contribution < 1.29 is 14.3 Å². The third-order valence-electron chi connectivity index (χ3n) is 7.41. The van der Waals surface area contributed by atoms with Crippen LogP contribution in [0.5, 0.6) is 0 Å². The number of amides is 1. The van der Waals surface area contributed by atoms with Gasteiger partial charge < -0.3 is 15.4 Å². The van der Waals surface area contributed by atoms with Crippen LogP contribution >= 0.6 is 22.6 Å². The van der Waals surface area contributed by atoms with Crippen molar-refractivity contribution in [1.29, 1.82) is 0 Å². The molecule has 2 bridgehead atoms. The summed E-state index contributed by atoms with van der Waals surface area (Å²) in [6, 6.07) is 0.488. The molecule has 5 unspecified atom stereocenters. The smallest absolute Gasteiger partial charge is 0.222 e. The molecule has 2 N–H and O–H groups in total. The molecule has 5 nitrogen and oxygen atoms in total.